The van der Waals surface area contributed by atoms with Crippen molar-refractivity contribution < 1.29 is 9.53 Å². The van der Waals surface area contributed by atoms with Gasteiger partial charge in [0.05, 0.1) is 24.2 Å². The highest BCUT2D eigenvalue weighted by molar-refractivity contribution is 8.00. The SMILES string of the molecule is C[C@@H](Sc1nnc(N2CCOCC2)n1-c1ccccc1)C(=O)NC1CC1. The van der Waals surface area contributed by atoms with Crippen LogP contribution in [0.15, 0.2) is 35.5 Å². The second kappa shape index (κ2) is 7.67. The molecule has 1 atom stereocenters. The average Bonchev–Trinajstić information content (AvgIpc) is 3.40. The molecule has 138 valence electrons. The first kappa shape index (κ1) is 17.4. The zero-order chi connectivity index (χ0) is 17.9. The monoisotopic (exact) mass is 373 g/mol. The minimum Gasteiger partial charge on any atom is -0.378 e. The quantitative estimate of drug-likeness (QED) is 0.780. The molecule has 1 aromatic heterocycles. The molecule has 1 amide bonds. The summed E-state index contributed by atoms with van der Waals surface area (Å²) in [4.78, 5) is 14.5. The minimum absolute atomic E-state index is 0.0630. The van der Waals surface area contributed by atoms with Gasteiger partial charge in [0.15, 0.2) is 5.16 Å². The number of benzene rings is 1. The summed E-state index contributed by atoms with van der Waals surface area (Å²) in [5.41, 5.74) is 0.997. The number of carbonyl (C=O) groups excluding carboxylic acids is 1. The van der Waals surface area contributed by atoms with Crippen LogP contribution in [0.3, 0.4) is 0 Å². The van der Waals surface area contributed by atoms with Crippen LogP contribution in [0.4, 0.5) is 5.95 Å². The lowest BCUT2D eigenvalue weighted by Gasteiger charge is -2.28. The molecule has 2 aliphatic rings. The van der Waals surface area contributed by atoms with E-state index in [9.17, 15) is 4.79 Å². The molecule has 0 radical (unpaired) electrons. The van der Waals surface area contributed by atoms with E-state index in [-0.39, 0.29) is 11.2 Å². The number of nitrogens with zero attached hydrogens (tertiary/aromatic N) is 4. The molecular formula is C18H23N5O2S. The molecule has 4 rings (SSSR count). The van der Waals surface area contributed by atoms with Crippen LogP contribution in [-0.4, -0.2) is 58.3 Å². The number of morpholine rings is 1. The molecule has 0 unspecified atom stereocenters. The Morgan fingerprint density at radius 3 is 2.65 bits per heavy atom. The van der Waals surface area contributed by atoms with Crippen LogP contribution >= 0.6 is 11.8 Å². The Morgan fingerprint density at radius 2 is 1.96 bits per heavy atom. The number of hydrogen-bond donors (Lipinski definition) is 1. The molecule has 1 saturated heterocycles. The van der Waals surface area contributed by atoms with Gasteiger partial charge in [0.1, 0.15) is 0 Å². The third kappa shape index (κ3) is 3.86. The number of amides is 1. The molecule has 0 bridgehead atoms. The highest BCUT2D eigenvalue weighted by Crippen LogP contribution is 2.30. The molecule has 8 heteroatoms. The summed E-state index contributed by atoms with van der Waals surface area (Å²) < 4.78 is 7.49. The first-order chi connectivity index (χ1) is 12.7. The van der Waals surface area contributed by atoms with Gasteiger partial charge in [0, 0.05) is 19.1 Å². The minimum atomic E-state index is -0.222. The molecule has 26 heavy (non-hydrogen) atoms. The lowest BCUT2D eigenvalue weighted by molar-refractivity contribution is -0.120. The Bertz CT molecular complexity index is 756. The van der Waals surface area contributed by atoms with Crippen molar-refractivity contribution in [2.24, 2.45) is 0 Å². The highest BCUT2D eigenvalue weighted by atomic mass is 32.2. The normalized spacial score (nSPS) is 18.6. The van der Waals surface area contributed by atoms with Crippen LogP contribution in [-0.2, 0) is 9.53 Å². The summed E-state index contributed by atoms with van der Waals surface area (Å²) in [5.74, 6) is 0.866. The largest absolute Gasteiger partial charge is 0.378 e. The van der Waals surface area contributed by atoms with E-state index in [4.69, 9.17) is 4.74 Å². The number of carbonyl (C=O) groups is 1. The maximum Gasteiger partial charge on any atom is 0.233 e. The standard InChI is InChI=1S/C18H23N5O2S/c1-13(16(24)19-14-7-8-14)26-18-21-20-17(22-9-11-25-12-10-22)23(18)15-5-3-2-4-6-15/h2-6,13-14H,7-12H2,1H3,(H,19,24)/t13-/m1/s1. The fourth-order valence-electron chi connectivity index (χ4n) is 2.87. The van der Waals surface area contributed by atoms with Crippen LogP contribution in [0.1, 0.15) is 19.8 Å². The predicted octanol–water partition coefficient (Wildman–Crippen LogP) is 1.86. The van der Waals surface area contributed by atoms with Crippen LogP contribution in [0.5, 0.6) is 0 Å². The van der Waals surface area contributed by atoms with E-state index in [0.717, 1.165) is 42.7 Å². The van der Waals surface area contributed by atoms with Gasteiger partial charge < -0.3 is 15.0 Å². The summed E-state index contributed by atoms with van der Waals surface area (Å²) in [7, 11) is 0. The number of hydrogen-bond acceptors (Lipinski definition) is 6. The van der Waals surface area contributed by atoms with Crippen molar-refractivity contribution >= 4 is 23.6 Å². The fraction of sp³-hybridized carbons (Fsp3) is 0.500. The molecule has 1 saturated carbocycles. The van der Waals surface area contributed by atoms with Crippen molar-refractivity contribution in [1.29, 1.82) is 0 Å². The molecule has 0 spiro atoms. The van der Waals surface area contributed by atoms with Gasteiger partial charge >= 0.3 is 0 Å². The highest BCUT2D eigenvalue weighted by Gasteiger charge is 2.28. The maximum atomic E-state index is 12.3. The summed E-state index contributed by atoms with van der Waals surface area (Å²) in [6.07, 6.45) is 2.18. The maximum absolute atomic E-state index is 12.3. The van der Waals surface area contributed by atoms with E-state index >= 15 is 0 Å². The number of ether oxygens (including phenoxy) is 1. The number of thioether (sulfide) groups is 1. The Kier molecular flexibility index (Phi) is 5.12. The number of aromatic nitrogens is 3. The zero-order valence-corrected chi connectivity index (χ0v) is 15.6. The summed E-state index contributed by atoms with van der Waals surface area (Å²) in [5, 5.41) is 12.4. The van der Waals surface area contributed by atoms with E-state index in [0.29, 0.717) is 19.3 Å². The van der Waals surface area contributed by atoms with Crippen LogP contribution < -0.4 is 10.2 Å². The van der Waals surface area contributed by atoms with Crippen molar-refractivity contribution in [3.05, 3.63) is 30.3 Å². The lowest BCUT2D eigenvalue weighted by Crippen LogP contribution is -2.38. The van der Waals surface area contributed by atoms with Crippen molar-refractivity contribution in [1.82, 2.24) is 20.1 Å². The fourth-order valence-corrected chi connectivity index (χ4v) is 3.74. The summed E-state index contributed by atoms with van der Waals surface area (Å²) >= 11 is 1.45. The van der Waals surface area contributed by atoms with E-state index in [2.05, 4.69) is 20.4 Å². The Morgan fingerprint density at radius 1 is 1.23 bits per heavy atom. The van der Waals surface area contributed by atoms with E-state index < -0.39 is 0 Å². The summed E-state index contributed by atoms with van der Waals surface area (Å²) in [6.45, 7) is 4.86. The van der Waals surface area contributed by atoms with Gasteiger partial charge in [-0.15, -0.1) is 10.2 Å². The predicted molar refractivity (Wildman–Crippen MR) is 101 cm³/mol. The first-order valence-electron chi connectivity index (χ1n) is 9.03. The van der Waals surface area contributed by atoms with Gasteiger partial charge in [-0.3, -0.25) is 9.36 Å². The van der Waals surface area contributed by atoms with Gasteiger partial charge in [0.25, 0.3) is 0 Å². The van der Waals surface area contributed by atoms with Crippen molar-refractivity contribution in [2.75, 3.05) is 31.2 Å². The Balaban J connectivity index is 1.61. The summed E-state index contributed by atoms with van der Waals surface area (Å²) in [6, 6.07) is 10.4. The molecular weight excluding hydrogens is 350 g/mol. The van der Waals surface area contributed by atoms with Gasteiger partial charge in [-0.1, -0.05) is 30.0 Å². The lowest BCUT2D eigenvalue weighted by atomic mass is 10.3. The number of anilines is 1. The average molecular weight is 373 g/mol. The molecule has 2 aromatic rings. The van der Waals surface area contributed by atoms with Crippen molar-refractivity contribution in [3.8, 4) is 5.69 Å². The molecule has 2 fully saturated rings. The van der Waals surface area contributed by atoms with E-state index in [1.54, 1.807) is 0 Å². The number of nitrogens with one attached hydrogen (secondary N) is 1. The van der Waals surface area contributed by atoms with E-state index in [1.807, 2.05) is 41.8 Å². The van der Waals surface area contributed by atoms with Gasteiger partial charge in [-0.05, 0) is 31.9 Å². The third-order valence-corrected chi connectivity index (χ3v) is 5.54. The van der Waals surface area contributed by atoms with Crippen LogP contribution in [0.25, 0.3) is 5.69 Å². The van der Waals surface area contributed by atoms with Gasteiger partial charge in [-0.25, -0.2) is 0 Å². The third-order valence-electron chi connectivity index (χ3n) is 4.50. The smallest absolute Gasteiger partial charge is 0.233 e. The molecule has 1 N–H and O–H groups in total. The number of rotatable bonds is 6. The van der Waals surface area contributed by atoms with Crippen molar-refractivity contribution in [3.63, 3.8) is 0 Å². The first-order valence-corrected chi connectivity index (χ1v) is 9.91. The van der Waals surface area contributed by atoms with Gasteiger partial charge in [-0.2, -0.15) is 0 Å². The van der Waals surface area contributed by atoms with Gasteiger partial charge in [0.2, 0.25) is 11.9 Å². The molecule has 1 aliphatic heterocycles. The molecule has 1 aromatic carbocycles. The van der Waals surface area contributed by atoms with Crippen LogP contribution in [0.2, 0.25) is 0 Å². The number of para-hydroxylation sites is 1. The topological polar surface area (TPSA) is 72.3 Å². The van der Waals surface area contributed by atoms with Crippen molar-refractivity contribution in [2.45, 2.75) is 36.2 Å². The van der Waals surface area contributed by atoms with E-state index in [1.165, 1.54) is 11.8 Å². The molecule has 7 nitrogen and oxygen atoms in total. The Hall–Kier alpha value is -2.06. The second-order valence-corrected chi connectivity index (χ2v) is 7.90. The zero-order valence-electron chi connectivity index (χ0n) is 14.8. The van der Waals surface area contributed by atoms with Crippen LogP contribution in [0, 0.1) is 0 Å². The second-order valence-electron chi connectivity index (χ2n) is 6.60. The molecule has 1 aliphatic carbocycles. The Labute approximate surface area is 157 Å². The molecule has 2 heterocycles.